The standard InChI is InChI=1S/C18H22N2O/c1-3-14-7-8-16(19-12-14)13-20-10-9-18(20)15-5-4-6-17(11-15)21-2/h4-8,11-12,18H,3,9-10,13H2,1-2H3/t18-/m1/s1. The van der Waals surface area contributed by atoms with E-state index in [-0.39, 0.29) is 0 Å². The van der Waals surface area contributed by atoms with E-state index in [1.165, 1.54) is 17.5 Å². The molecule has 1 fully saturated rings. The van der Waals surface area contributed by atoms with Gasteiger partial charge in [-0.1, -0.05) is 25.1 Å². The van der Waals surface area contributed by atoms with Crippen molar-refractivity contribution in [2.24, 2.45) is 0 Å². The van der Waals surface area contributed by atoms with Gasteiger partial charge in [0.05, 0.1) is 12.8 Å². The van der Waals surface area contributed by atoms with E-state index in [4.69, 9.17) is 4.74 Å². The Hall–Kier alpha value is -1.87. The molecule has 1 aromatic heterocycles. The molecule has 0 spiro atoms. The van der Waals surface area contributed by atoms with Crippen LogP contribution >= 0.6 is 0 Å². The van der Waals surface area contributed by atoms with E-state index in [2.05, 4.69) is 47.1 Å². The number of pyridine rings is 1. The minimum absolute atomic E-state index is 0.493. The molecule has 3 rings (SSSR count). The van der Waals surface area contributed by atoms with Crippen LogP contribution in [0.2, 0.25) is 0 Å². The van der Waals surface area contributed by atoms with Crippen molar-refractivity contribution in [3.05, 3.63) is 59.4 Å². The lowest BCUT2D eigenvalue weighted by Gasteiger charge is -2.41. The van der Waals surface area contributed by atoms with E-state index in [1.54, 1.807) is 7.11 Å². The van der Waals surface area contributed by atoms with Gasteiger partial charge in [0.15, 0.2) is 0 Å². The van der Waals surface area contributed by atoms with Gasteiger partial charge in [0.2, 0.25) is 0 Å². The number of methoxy groups -OCH3 is 1. The van der Waals surface area contributed by atoms with Gasteiger partial charge in [0.25, 0.3) is 0 Å². The Bertz CT molecular complexity index is 594. The summed E-state index contributed by atoms with van der Waals surface area (Å²) in [5.41, 5.74) is 3.79. The minimum atomic E-state index is 0.493. The molecule has 1 saturated heterocycles. The maximum atomic E-state index is 5.32. The normalized spacial score (nSPS) is 18.3. The number of likely N-dealkylation sites (tertiary alicyclic amines) is 1. The first-order chi connectivity index (χ1) is 10.3. The molecular weight excluding hydrogens is 260 g/mol. The molecule has 1 aromatic carbocycles. The van der Waals surface area contributed by atoms with Crippen molar-refractivity contribution in [1.29, 1.82) is 0 Å². The fraction of sp³-hybridized carbons (Fsp3) is 0.389. The zero-order valence-electron chi connectivity index (χ0n) is 12.7. The van der Waals surface area contributed by atoms with Gasteiger partial charge >= 0.3 is 0 Å². The fourth-order valence-corrected chi connectivity index (χ4v) is 2.82. The highest BCUT2D eigenvalue weighted by Gasteiger charge is 2.29. The van der Waals surface area contributed by atoms with Gasteiger partial charge < -0.3 is 4.74 Å². The van der Waals surface area contributed by atoms with Crippen LogP contribution in [0.5, 0.6) is 5.75 Å². The predicted octanol–water partition coefficient (Wildman–Crippen LogP) is 3.60. The van der Waals surface area contributed by atoms with Crippen molar-refractivity contribution in [3.8, 4) is 5.75 Å². The second-order valence-corrected chi connectivity index (χ2v) is 5.56. The third-order valence-corrected chi connectivity index (χ3v) is 4.27. The Labute approximate surface area is 126 Å². The maximum absolute atomic E-state index is 5.32. The Morgan fingerprint density at radius 3 is 2.81 bits per heavy atom. The van der Waals surface area contributed by atoms with Gasteiger partial charge in [-0.3, -0.25) is 9.88 Å². The Kier molecular flexibility index (Phi) is 4.20. The van der Waals surface area contributed by atoms with Crippen molar-refractivity contribution in [1.82, 2.24) is 9.88 Å². The van der Waals surface area contributed by atoms with Crippen molar-refractivity contribution >= 4 is 0 Å². The lowest BCUT2D eigenvalue weighted by molar-refractivity contribution is 0.0802. The van der Waals surface area contributed by atoms with Gasteiger partial charge in [-0.05, 0) is 42.2 Å². The first kappa shape index (κ1) is 14.1. The largest absolute Gasteiger partial charge is 0.497 e. The summed E-state index contributed by atoms with van der Waals surface area (Å²) in [6, 6.07) is 13.2. The molecule has 2 heterocycles. The molecule has 1 aliphatic heterocycles. The summed E-state index contributed by atoms with van der Waals surface area (Å²) in [6.45, 7) is 4.22. The lowest BCUT2D eigenvalue weighted by Crippen LogP contribution is -2.40. The molecule has 0 bridgehead atoms. The average molecular weight is 282 g/mol. The summed E-state index contributed by atoms with van der Waals surface area (Å²) in [7, 11) is 1.72. The molecule has 0 saturated carbocycles. The van der Waals surface area contributed by atoms with Crippen molar-refractivity contribution < 1.29 is 4.74 Å². The molecule has 110 valence electrons. The predicted molar refractivity (Wildman–Crippen MR) is 84.4 cm³/mol. The number of aryl methyl sites for hydroxylation is 1. The molecule has 0 amide bonds. The van der Waals surface area contributed by atoms with Crippen molar-refractivity contribution in [2.75, 3.05) is 13.7 Å². The molecule has 0 N–H and O–H groups in total. The first-order valence-electron chi connectivity index (χ1n) is 7.62. The van der Waals surface area contributed by atoms with Crippen LogP contribution in [0.1, 0.15) is 36.2 Å². The average Bonchev–Trinajstić information content (AvgIpc) is 2.52. The fourth-order valence-electron chi connectivity index (χ4n) is 2.82. The van der Waals surface area contributed by atoms with E-state index in [1.807, 2.05) is 12.3 Å². The van der Waals surface area contributed by atoms with Crippen LogP contribution in [-0.4, -0.2) is 23.5 Å². The summed E-state index contributed by atoms with van der Waals surface area (Å²) in [5, 5.41) is 0. The van der Waals surface area contributed by atoms with Gasteiger partial charge in [-0.2, -0.15) is 0 Å². The Morgan fingerprint density at radius 1 is 1.29 bits per heavy atom. The molecule has 3 heteroatoms. The van der Waals surface area contributed by atoms with Crippen LogP contribution in [0.25, 0.3) is 0 Å². The monoisotopic (exact) mass is 282 g/mol. The molecule has 0 unspecified atom stereocenters. The third kappa shape index (κ3) is 3.08. The highest BCUT2D eigenvalue weighted by atomic mass is 16.5. The number of hydrogen-bond donors (Lipinski definition) is 0. The number of benzene rings is 1. The first-order valence-corrected chi connectivity index (χ1v) is 7.62. The van der Waals surface area contributed by atoms with Crippen LogP contribution < -0.4 is 4.74 Å². The van der Waals surface area contributed by atoms with Crippen LogP contribution in [0, 0.1) is 0 Å². The summed E-state index contributed by atoms with van der Waals surface area (Å²) < 4.78 is 5.32. The van der Waals surface area contributed by atoms with E-state index >= 15 is 0 Å². The van der Waals surface area contributed by atoms with E-state index in [9.17, 15) is 0 Å². The van der Waals surface area contributed by atoms with Gasteiger partial charge in [0, 0.05) is 25.3 Å². The topological polar surface area (TPSA) is 25.4 Å². The Balaban J connectivity index is 1.68. The molecule has 2 aromatic rings. The highest BCUT2D eigenvalue weighted by molar-refractivity contribution is 5.31. The van der Waals surface area contributed by atoms with Gasteiger partial charge in [-0.25, -0.2) is 0 Å². The number of aromatic nitrogens is 1. The zero-order chi connectivity index (χ0) is 14.7. The smallest absolute Gasteiger partial charge is 0.119 e. The molecule has 1 atom stereocenters. The summed E-state index contributed by atoms with van der Waals surface area (Å²) >= 11 is 0. The maximum Gasteiger partial charge on any atom is 0.119 e. The van der Waals surface area contributed by atoms with Crippen molar-refractivity contribution in [3.63, 3.8) is 0 Å². The number of ether oxygens (including phenoxy) is 1. The van der Waals surface area contributed by atoms with Crippen LogP contribution in [-0.2, 0) is 13.0 Å². The van der Waals surface area contributed by atoms with Crippen LogP contribution in [0.3, 0.4) is 0 Å². The molecule has 0 aliphatic carbocycles. The third-order valence-electron chi connectivity index (χ3n) is 4.27. The summed E-state index contributed by atoms with van der Waals surface area (Å²) in [6.07, 6.45) is 4.25. The number of nitrogens with zero attached hydrogens (tertiary/aromatic N) is 2. The minimum Gasteiger partial charge on any atom is -0.497 e. The second kappa shape index (κ2) is 6.27. The lowest BCUT2D eigenvalue weighted by atomic mass is 9.94. The zero-order valence-corrected chi connectivity index (χ0v) is 12.7. The molecule has 0 radical (unpaired) electrons. The quantitative estimate of drug-likeness (QED) is 0.838. The van der Waals surface area contributed by atoms with Crippen LogP contribution in [0.15, 0.2) is 42.6 Å². The molecule has 1 aliphatic rings. The van der Waals surface area contributed by atoms with E-state index < -0.39 is 0 Å². The number of rotatable bonds is 5. The van der Waals surface area contributed by atoms with Crippen molar-refractivity contribution in [2.45, 2.75) is 32.4 Å². The molecule has 3 nitrogen and oxygen atoms in total. The van der Waals surface area contributed by atoms with E-state index in [0.29, 0.717) is 6.04 Å². The second-order valence-electron chi connectivity index (χ2n) is 5.56. The summed E-state index contributed by atoms with van der Waals surface area (Å²) in [4.78, 5) is 7.04. The van der Waals surface area contributed by atoms with Crippen LogP contribution in [0.4, 0.5) is 0 Å². The molecular formula is C18H22N2O. The summed E-state index contributed by atoms with van der Waals surface area (Å²) in [5.74, 6) is 0.935. The highest BCUT2D eigenvalue weighted by Crippen LogP contribution is 2.35. The van der Waals surface area contributed by atoms with Gasteiger partial charge in [-0.15, -0.1) is 0 Å². The number of hydrogen-bond acceptors (Lipinski definition) is 3. The molecule has 21 heavy (non-hydrogen) atoms. The van der Waals surface area contributed by atoms with Gasteiger partial charge in [0.1, 0.15) is 5.75 Å². The SMILES string of the molecule is CCc1ccc(CN2CC[C@@H]2c2cccc(OC)c2)nc1. The Morgan fingerprint density at radius 2 is 2.19 bits per heavy atom. The van der Waals surface area contributed by atoms with E-state index in [0.717, 1.165) is 31.0 Å².